The van der Waals surface area contributed by atoms with Crippen LogP contribution in [0.15, 0.2) is 0 Å². The molecule has 0 saturated carbocycles. The maximum absolute atomic E-state index is 12.4. The lowest BCUT2D eigenvalue weighted by atomic mass is 9.81. The summed E-state index contributed by atoms with van der Waals surface area (Å²) in [5.74, 6) is -3.41. The van der Waals surface area contributed by atoms with E-state index in [9.17, 15) is 19.2 Å². The molecule has 3 aliphatic heterocycles. The highest BCUT2D eigenvalue weighted by molar-refractivity contribution is 6.08. The molecule has 3 saturated heterocycles. The van der Waals surface area contributed by atoms with Crippen molar-refractivity contribution in [3.05, 3.63) is 0 Å². The van der Waals surface area contributed by atoms with Crippen LogP contribution in [0.5, 0.6) is 0 Å². The molecule has 132 valence electrons. The lowest BCUT2D eigenvalue weighted by Crippen LogP contribution is -2.47. The number of aliphatic carboxylic acids is 1. The molecule has 0 spiro atoms. The van der Waals surface area contributed by atoms with E-state index in [2.05, 4.69) is 5.32 Å². The van der Waals surface area contributed by atoms with Crippen molar-refractivity contribution in [2.45, 2.75) is 57.3 Å². The lowest BCUT2D eigenvalue weighted by molar-refractivity contribution is -0.146. The monoisotopic (exact) mass is 338 g/mol. The van der Waals surface area contributed by atoms with E-state index < -0.39 is 36.3 Å². The molecule has 0 radical (unpaired) electrons. The Labute approximate surface area is 139 Å². The predicted octanol–water partition coefficient (Wildman–Crippen LogP) is -0.0916. The number of carbonyl (C=O) groups excluding carboxylic acids is 3. The van der Waals surface area contributed by atoms with Gasteiger partial charge in [0, 0.05) is 0 Å². The molecular weight excluding hydrogens is 316 g/mol. The van der Waals surface area contributed by atoms with Gasteiger partial charge in [-0.2, -0.15) is 0 Å². The Balaban J connectivity index is 1.61. The van der Waals surface area contributed by atoms with E-state index in [1.165, 1.54) is 0 Å². The van der Waals surface area contributed by atoms with Crippen LogP contribution >= 0.6 is 0 Å². The summed E-state index contributed by atoms with van der Waals surface area (Å²) in [6, 6.07) is -0.996. The maximum Gasteiger partial charge on any atom is 0.326 e. The van der Waals surface area contributed by atoms with Gasteiger partial charge in [0.2, 0.25) is 17.7 Å². The Morgan fingerprint density at radius 3 is 2.33 bits per heavy atom. The number of hydrogen-bond acceptors (Lipinski definition) is 5. The molecular formula is C16H22N2O6. The number of carboxylic acid groups (broad SMARTS) is 1. The molecule has 4 unspecified atom stereocenters. The van der Waals surface area contributed by atoms with Crippen LogP contribution in [0, 0.1) is 11.8 Å². The van der Waals surface area contributed by atoms with E-state index in [0.717, 1.165) is 24.2 Å². The number of carboxylic acids is 1. The van der Waals surface area contributed by atoms with Gasteiger partial charge in [-0.15, -0.1) is 0 Å². The second-order valence-corrected chi connectivity index (χ2v) is 6.71. The minimum atomic E-state index is -1.11. The fraction of sp³-hybridized carbons (Fsp3) is 0.750. The first kappa shape index (κ1) is 16.9. The first-order chi connectivity index (χ1) is 11.4. The first-order valence-corrected chi connectivity index (χ1v) is 8.47. The van der Waals surface area contributed by atoms with Crippen LogP contribution in [0.1, 0.15) is 39.0 Å². The van der Waals surface area contributed by atoms with Crippen molar-refractivity contribution in [1.29, 1.82) is 0 Å². The Morgan fingerprint density at radius 2 is 1.83 bits per heavy atom. The Bertz CT molecular complexity index is 549. The number of ether oxygens (including phenoxy) is 1. The van der Waals surface area contributed by atoms with Gasteiger partial charge in [0.25, 0.3) is 0 Å². The topological polar surface area (TPSA) is 113 Å². The van der Waals surface area contributed by atoms with Crippen molar-refractivity contribution >= 4 is 23.7 Å². The van der Waals surface area contributed by atoms with E-state index in [0.29, 0.717) is 12.8 Å². The van der Waals surface area contributed by atoms with Gasteiger partial charge in [0.15, 0.2) is 0 Å². The third-order valence-corrected chi connectivity index (χ3v) is 5.16. The first-order valence-electron chi connectivity index (χ1n) is 8.47. The van der Waals surface area contributed by atoms with Gasteiger partial charge in [-0.3, -0.25) is 19.3 Å². The summed E-state index contributed by atoms with van der Waals surface area (Å²) in [6.45, 7) is 1.51. The molecule has 0 aromatic carbocycles. The maximum atomic E-state index is 12.4. The summed E-state index contributed by atoms with van der Waals surface area (Å²) in [6.07, 6.45) is 2.90. The van der Waals surface area contributed by atoms with Crippen molar-refractivity contribution in [1.82, 2.24) is 10.2 Å². The van der Waals surface area contributed by atoms with Gasteiger partial charge >= 0.3 is 5.97 Å². The molecule has 5 atom stereocenters. The Kier molecular flexibility index (Phi) is 4.58. The number of hydrogen-bond donors (Lipinski definition) is 2. The number of nitrogens with zero attached hydrogens (tertiary/aromatic N) is 1. The minimum Gasteiger partial charge on any atom is -0.480 e. The van der Waals surface area contributed by atoms with E-state index in [1.54, 1.807) is 0 Å². The number of likely N-dealkylation sites (tertiary alicyclic amines) is 1. The quantitative estimate of drug-likeness (QED) is 0.627. The van der Waals surface area contributed by atoms with Crippen molar-refractivity contribution < 1.29 is 29.0 Å². The normalized spacial score (nSPS) is 32.1. The predicted molar refractivity (Wildman–Crippen MR) is 80.7 cm³/mol. The highest BCUT2D eigenvalue weighted by atomic mass is 16.5. The van der Waals surface area contributed by atoms with Gasteiger partial charge < -0.3 is 15.2 Å². The number of carbonyl (C=O) groups is 4. The fourth-order valence-corrected chi connectivity index (χ4v) is 3.98. The average molecular weight is 338 g/mol. The molecule has 3 rings (SSSR count). The summed E-state index contributed by atoms with van der Waals surface area (Å²) < 4.78 is 5.63. The molecule has 0 aromatic heterocycles. The number of unbranched alkanes of at least 4 members (excludes halogenated alkanes) is 1. The largest absolute Gasteiger partial charge is 0.480 e. The van der Waals surface area contributed by atoms with Gasteiger partial charge in [0.05, 0.1) is 24.0 Å². The van der Waals surface area contributed by atoms with E-state index >= 15 is 0 Å². The highest BCUT2D eigenvalue weighted by Gasteiger charge is 2.62. The van der Waals surface area contributed by atoms with Gasteiger partial charge in [-0.25, -0.2) is 4.79 Å². The molecule has 3 aliphatic rings. The highest BCUT2D eigenvalue weighted by Crippen LogP contribution is 2.48. The molecule has 0 aliphatic carbocycles. The molecule has 3 heterocycles. The fourth-order valence-electron chi connectivity index (χ4n) is 3.98. The average Bonchev–Trinajstić information content (AvgIpc) is 3.21. The zero-order chi connectivity index (χ0) is 17.4. The molecule has 0 aromatic rings. The SMILES string of the molecule is CCCC[C@H](NC(=O)CN1C(=O)C2C3CCC(O3)C2C1=O)C(=O)O. The van der Waals surface area contributed by atoms with Crippen LogP contribution in [-0.2, 0) is 23.9 Å². The van der Waals surface area contributed by atoms with Crippen LogP contribution in [0.4, 0.5) is 0 Å². The van der Waals surface area contributed by atoms with Crippen LogP contribution in [0.3, 0.4) is 0 Å². The van der Waals surface area contributed by atoms with Crippen LogP contribution in [0.25, 0.3) is 0 Å². The molecule has 3 fully saturated rings. The third-order valence-electron chi connectivity index (χ3n) is 5.16. The number of fused-ring (bicyclic) bond motifs is 5. The smallest absolute Gasteiger partial charge is 0.326 e. The lowest BCUT2D eigenvalue weighted by Gasteiger charge is -2.19. The molecule has 24 heavy (non-hydrogen) atoms. The summed E-state index contributed by atoms with van der Waals surface area (Å²) in [7, 11) is 0. The van der Waals surface area contributed by atoms with Crippen LogP contribution in [-0.4, -0.2) is 58.5 Å². The summed E-state index contributed by atoms with van der Waals surface area (Å²) in [5.41, 5.74) is 0. The van der Waals surface area contributed by atoms with Gasteiger partial charge in [-0.05, 0) is 19.3 Å². The van der Waals surface area contributed by atoms with Crippen molar-refractivity contribution in [2.75, 3.05) is 6.54 Å². The molecule has 2 bridgehead atoms. The van der Waals surface area contributed by atoms with Crippen LogP contribution < -0.4 is 5.32 Å². The zero-order valence-corrected chi connectivity index (χ0v) is 13.6. The second-order valence-electron chi connectivity index (χ2n) is 6.71. The Hall–Kier alpha value is -1.96. The summed E-state index contributed by atoms with van der Waals surface area (Å²) >= 11 is 0. The second kappa shape index (κ2) is 6.51. The van der Waals surface area contributed by atoms with Crippen molar-refractivity contribution in [3.63, 3.8) is 0 Å². The molecule has 8 nitrogen and oxygen atoms in total. The van der Waals surface area contributed by atoms with Crippen molar-refractivity contribution in [2.24, 2.45) is 11.8 Å². The molecule has 3 amide bonds. The number of amides is 3. The van der Waals surface area contributed by atoms with E-state index in [-0.39, 0.29) is 24.0 Å². The number of nitrogens with one attached hydrogen (secondary N) is 1. The van der Waals surface area contributed by atoms with Gasteiger partial charge in [-0.1, -0.05) is 19.8 Å². The summed E-state index contributed by atoms with van der Waals surface area (Å²) in [5, 5.41) is 11.6. The Morgan fingerprint density at radius 1 is 1.25 bits per heavy atom. The zero-order valence-electron chi connectivity index (χ0n) is 13.6. The third kappa shape index (κ3) is 2.79. The van der Waals surface area contributed by atoms with Crippen LogP contribution in [0.2, 0.25) is 0 Å². The minimum absolute atomic E-state index is 0.221. The summed E-state index contributed by atoms with van der Waals surface area (Å²) in [4.78, 5) is 49.2. The van der Waals surface area contributed by atoms with Gasteiger partial charge in [0.1, 0.15) is 12.6 Å². The van der Waals surface area contributed by atoms with Crippen molar-refractivity contribution in [3.8, 4) is 0 Å². The molecule has 8 heteroatoms. The number of rotatable bonds is 7. The molecule has 2 N–H and O–H groups in total. The number of imide groups is 1. The van der Waals surface area contributed by atoms with E-state index in [4.69, 9.17) is 9.84 Å². The van der Waals surface area contributed by atoms with E-state index in [1.807, 2.05) is 6.92 Å². The standard InChI is InChI=1S/C16H22N2O6/c1-2-3-4-8(16(22)23)17-11(19)7-18-14(20)12-9-5-6-10(24-9)13(12)15(18)21/h8-10,12-13H,2-7H2,1H3,(H,17,19)(H,22,23)/t8-,9?,10?,12?,13?/m0/s1.